The van der Waals surface area contributed by atoms with E-state index < -0.39 is 5.91 Å². The van der Waals surface area contributed by atoms with E-state index in [1.165, 1.54) is 19.4 Å². The van der Waals surface area contributed by atoms with E-state index in [0.29, 0.717) is 16.3 Å². The number of amides is 1. The Bertz CT molecular complexity index is 699. The maximum Gasteiger partial charge on any atom is 0.274 e. The topological polar surface area (TPSA) is 71.5 Å². The molecule has 2 rings (SSSR count). The van der Waals surface area contributed by atoms with Crippen molar-refractivity contribution in [2.24, 2.45) is 0 Å². The molecule has 0 unspecified atom stereocenters. The molecular formula is C16H15ClN2O3. The summed E-state index contributed by atoms with van der Waals surface area (Å²) in [4.78, 5) is 15.9. The number of nitrogens with zero attached hydrogens (tertiary/aromatic N) is 1. The molecule has 0 aliphatic carbocycles. The van der Waals surface area contributed by atoms with Crippen molar-refractivity contribution in [3.63, 3.8) is 0 Å². The number of rotatable bonds is 5. The summed E-state index contributed by atoms with van der Waals surface area (Å²) in [5, 5.41) is 13.2. The lowest BCUT2D eigenvalue weighted by atomic mass is 10.1. The molecule has 1 aromatic carbocycles. The van der Waals surface area contributed by atoms with Gasteiger partial charge < -0.3 is 15.2 Å². The van der Waals surface area contributed by atoms with Gasteiger partial charge in [0.2, 0.25) is 0 Å². The van der Waals surface area contributed by atoms with Gasteiger partial charge in [-0.05, 0) is 23.8 Å². The molecule has 0 spiro atoms. The molecule has 1 heterocycles. The number of halogens is 1. The van der Waals surface area contributed by atoms with Gasteiger partial charge in [-0.25, -0.2) is 4.98 Å². The minimum atomic E-state index is -0.502. The number of nitrogens with one attached hydrogen (secondary N) is 1. The Balaban J connectivity index is 2.17. The number of ether oxygens (including phenoxy) is 1. The van der Waals surface area contributed by atoms with Crippen molar-refractivity contribution in [3.05, 3.63) is 59.6 Å². The van der Waals surface area contributed by atoms with Crippen LogP contribution in [-0.2, 0) is 4.74 Å². The number of benzene rings is 1. The van der Waals surface area contributed by atoms with E-state index in [-0.39, 0.29) is 18.0 Å². The Morgan fingerprint density at radius 3 is 2.64 bits per heavy atom. The first-order chi connectivity index (χ1) is 10.5. The van der Waals surface area contributed by atoms with Gasteiger partial charge in [0.15, 0.2) is 5.69 Å². The summed E-state index contributed by atoms with van der Waals surface area (Å²) in [7, 11) is 1.46. The lowest BCUT2D eigenvalue weighted by Crippen LogP contribution is -2.26. The molecule has 1 aromatic heterocycles. The van der Waals surface area contributed by atoms with Gasteiger partial charge in [-0.15, -0.1) is 0 Å². The third-order valence-electron chi connectivity index (χ3n) is 2.99. The van der Waals surface area contributed by atoms with Gasteiger partial charge in [0.1, 0.15) is 11.5 Å². The highest BCUT2D eigenvalue weighted by atomic mass is 35.5. The fourth-order valence-corrected chi connectivity index (χ4v) is 1.89. The van der Waals surface area contributed by atoms with Gasteiger partial charge in [0, 0.05) is 16.8 Å². The largest absolute Gasteiger partial charge is 0.505 e. The van der Waals surface area contributed by atoms with Crippen LogP contribution < -0.4 is 5.32 Å². The number of aromatic hydroxyl groups is 1. The van der Waals surface area contributed by atoms with Gasteiger partial charge >= 0.3 is 0 Å². The van der Waals surface area contributed by atoms with Crippen molar-refractivity contribution in [3.8, 4) is 16.9 Å². The van der Waals surface area contributed by atoms with Crippen molar-refractivity contribution in [1.29, 1.82) is 0 Å². The van der Waals surface area contributed by atoms with Gasteiger partial charge in [0.25, 0.3) is 5.91 Å². The molecule has 0 radical (unpaired) electrons. The number of carbonyl (C=O) groups excluding carboxylic acids is 1. The van der Waals surface area contributed by atoms with Crippen molar-refractivity contribution >= 4 is 17.5 Å². The zero-order chi connectivity index (χ0) is 16.1. The second-order valence-corrected chi connectivity index (χ2v) is 4.96. The van der Waals surface area contributed by atoms with Crippen LogP contribution in [0.25, 0.3) is 11.1 Å². The molecule has 0 saturated heterocycles. The van der Waals surface area contributed by atoms with Crippen LogP contribution in [0.5, 0.6) is 5.75 Å². The van der Waals surface area contributed by atoms with Crippen LogP contribution in [0.4, 0.5) is 0 Å². The van der Waals surface area contributed by atoms with Crippen LogP contribution in [0.1, 0.15) is 10.5 Å². The SMILES string of the molecule is C=C(CNC(=O)c1ncc(-c2ccc(Cl)cc2)cc1O)OC. The third kappa shape index (κ3) is 3.77. The Kier molecular flexibility index (Phi) is 5.01. The predicted octanol–water partition coefficient (Wildman–Crippen LogP) is 3.00. The first-order valence-electron chi connectivity index (χ1n) is 6.46. The van der Waals surface area contributed by atoms with E-state index in [0.717, 1.165) is 5.56 Å². The molecule has 0 bridgehead atoms. The van der Waals surface area contributed by atoms with Crippen LogP contribution in [-0.4, -0.2) is 29.7 Å². The quantitative estimate of drug-likeness (QED) is 0.831. The Morgan fingerprint density at radius 2 is 2.05 bits per heavy atom. The van der Waals surface area contributed by atoms with E-state index in [1.807, 2.05) is 0 Å². The highest BCUT2D eigenvalue weighted by Crippen LogP contribution is 2.25. The first-order valence-corrected chi connectivity index (χ1v) is 6.84. The highest BCUT2D eigenvalue weighted by molar-refractivity contribution is 6.30. The number of hydrogen-bond donors (Lipinski definition) is 2. The van der Waals surface area contributed by atoms with E-state index >= 15 is 0 Å². The number of methoxy groups -OCH3 is 1. The van der Waals surface area contributed by atoms with Gasteiger partial charge in [-0.1, -0.05) is 30.3 Å². The standard InChI is InChI=1S/C16H15ClN2O3/c1-10(22-2)8-19-16(21)15-14(20)7-12(9-18-15)11-3-5-13(17)6-4-11/h3-7,9,20H,1,8H2,2H3,(H,19,21). The van der Waals surface area contributed by atoms with Crippen LogP contribution in [0.3, 0.4) is 0 Å². The number of aromatic nitrogens is 1. The maximum absolute atomic E-state index is 11.9. The fraction of sp³-hybridized carbons (Fsp3) is 0.125. The molecule has 6 heteroatoms. The maximum atomic E-state index is 11.9. The highest BCUT2D eigenvalue weighted by Gasteiger charge is 2.14. The van der Waals surface area contributed by atoms with Crippen molar-refractivity contribution in [2.45, 2.75) is 0 Å². The molecule has 2 aromatic rings. The lowest BCUT2D eigenvalue weighted by molar-refractivity contribution is 0.0942. The van der Waals surface area contributed by atoms with Crippen LogP contribution in [0.2, 0.25) is 5.02 Å². The summed E-state index contributed by atoms with van der Waals surface area (Å²) in [5.41, 5.74) is 1.47. The molecule has 2 N–H and O–H groups in total. The number of carbonyl (C=O) groups is 1. The van der Waals surface area contributed by atoms with E-state index in [2.05, 4.69) is 16.9 Å². The zero-order valence-corrected chi connectivity index (χ0v) is 12.7. The lowest BCUT2D eigenvalue weighted by Gasteiger charge is -2.09. The molecule has 0 fully saturated rings. The van der Waals surface area contributed by atoms with Crippen molar-refractivity contribution < 1.29 is 14.6 Å². The van der Waals surface area contributed by atoms with Crippen LogP contribution in [0.15, 0.2) is 48.9 Å². The molecule has 0 atom stereocenters. The summed E-state index contributed by atoms with van der Waals surface area (Å²) in [5.74, 6) is -0.294. The van der Waals surface area contributed by atoms with E-state index in [9.17, 15) is 9.90 Å². The van der Waals surface area contributed by atoms with Crippen molar-refractivity contribution in [1.82, 2.24) is 10.3 Å². The van der Waals surface area contributed by atoms with Gasteiger partial charge in [-0.3, -0.25) is 4.79 Å². The van der Waals surface area contributed by atoms with E-state index in [1.54, 1.807) is 24.3 Å². The van der Waals surface area contributed by atoms with E-state index in [4.69, 9.17) is 16.3 Å². The molecule has 0 aliphatic heterocycles. The molecule has 0 aliphatic rings. The smallest absolute Gasteiger partial charge is 0.274 e. The third-order valence-corrected chi connectivity index (χ3v) is 3.25. The Hall–Kier alpha value is -2.53. The average molecular weight is 319 g/mol. The molecule has 114 valence electrons. The van der Waals surface area contributed by atoms with Crippen LogP contribution in [0, 0.1) is 0 Å². The summed E-state index contributed by atoms with van der Waals surface area (Å²) >= 11 is 5.83. The van der Waals surface area contributed by atoms with Gasteiger partial charge in [0.05, 0.1) is 13.7 Å². The fourth-order valence-electron chi connectivity index (χ4n) is 1.76. The monoisotopic (exact) mass is 318 g/mol. The predicted molar refractivity (Wildman–Crippen MR) is 84.8 cm³/mol. The minimum absolute atomic E-state index is 0.0541. The van der Waals surface area contributed by atoms with Crippen molar-refractivity contribution in [2.75, 3.05) is 13.7 Å². The average Bonchev–Trinajstić information content (AvgIpc) is 2.52. The normalized spacial score (nSPS) is 10.1. The van der Waals surface area contributed by atoms with Crippen LogP contribution >= 0.6 is 11.6 Å². The number of pyridine rings is 1. The summed E-state index contributed by atoms with van der Waals surface area (Å²) in [6, 6.07) is 8.58. The molecule has 22 heavy (non-hydrogen) atoms. The molecule has 5 nitrogen and oxygen atoms in total. The summed E-state index contributed by atoms with van der Waals surface area (Å²) in [6.07, 6.45) is 1.52. The Morgan fingerprint density at radius 1 is 1.36 bits per heavy atom. The molecule has 1 amide bonds. The number of hydrogen-bond acceptors (Lipinski definition) is 4. The second-order valence-electron chi connectivity index (χ2n) is 4.52. The Labute approximate surface area is 133 Å². The summed E-state index contributed by atoms with van der Waals surface area (Å²) in [6.45, 7) is 3.74. The first kappa shape index (κ1) is 15.9. The second kappa shape index (κ2) is 6.95. The zero-order valence-electron chi connectivity index (χ0n) is 12.0. The summed E-state index contributed by atoms with van der Waals surface area (Å²) < 4.78 is 4.85. The minimum Gasteiger partial charge on any atom is -0.505 e. The van der Waals surface area contributed by atoms with Gasteiger partial charge in [-0.2, -0.15) is 0 Å². The molecular weight excluding hydrogens is 304 g/mol. The molecule has 0 saturated carbocycles.